The Labute approximate surface area is 118 Å². The first kappa shape index (κ1) is 15.3. The zero-order valence-corrected chi connectivity index (χ0v) is 12.6. The summed E-state index contributed by atoms with van der Waals surface area (Å²) in [4.78, 5) is 12.2. The zero-order chi connectivity index (χ0) is 13.9. The largest absolute Gasteiger partial charge is 0.284 e. The van der Waals surface area contributed by atoms with Gasteiger partial charge < -0.3 is 0 Å². The van der Waals surface area contributed by atoms with Gasteiger partial charge in [0.1, 0.15) is 0 Å². The maximum absolute atomic E-state index is 12.2. The van der Waals surface area contributed by atoms with E-state index in [0.29, 0.717) is 5.56 Å². The number of halogens is 2. The molecule has 5 heteroatoms. The summed E-state index contributed by atoms with van der Waals surface area (Å²) in [6.45, 7) is 7.63. The SMILES string of the molecule is CCc1cccc(C(=O)N(Cl)N(Cl)C(C)(C)C)c1. The van der Waals surface area contributed by atoms with Crippen molar-refractivity contribution in [3.8, 4) is 0 Å². The van der Waals surface area contributed by atoms with E-state index >= 15 is 0 Å². The fourth-order valence-corrected chi connectivity index (χ4v) is 1.77. The van der Waals surface area contributed by atoms with E-state index in [-0.39, 0.29) is 5.91 Å². The maximum Gasteiger partial charge on any atom is 0.284 e. The van der Waals surface area contributed by atoms with Crippen molar-refractivity contribution in [3.05, 3.63) is 35.4 Å². The molecular weight excluding hydrogens is 271 g/mol. The van der Waals surface area contributed by atoms with E-state index in [1.807, 2.05) is 45.9 Å². The Morgan fingerprint density at radius 3 is 2.39 bits per heavy atom. The molecule has 0 aliphatic heterocycles. The zero-order valence-electron chi connectivity index (χ0n) is 11.1. The van der Waals surface area contributed by atoms with E-state index in [2.05, 4.69) is 0 Å². The first-order valence-corrected chi connectivity index (χ1v) is 6.50. The molecule has 0 N–H and O–H groups in total. The van der Waals surface area contributed by atoms with Crippen molar-refractivity contribution in [3.63, 3.8) is 0 Å². The van der Waals surface area contributed by atoms with E-state index < -0.39 is 5.54 Å². The van der Waals surface area contributed by atoms with Crippen LogP contribution in [0.4, 0.5) is 0 Å². The molecule has 0 aliphatic rings. The quantitative estimate of drug-likeness (QED) is 0.620. The van der Waals surface area contributed by atoms with Gasteiger partial charge in [-0.15, -0.1) is 4.53 Å². The standard InChI is InChI=1S/C13H18Cl2N2O/c1-5-10-7-6-8-11(9-10)12(18)16(14)17(15)13(2,3)4/h6-9H,5H2,1-4H3. The Morgan fingerprint density at radius 1 is 1.28 bits per heavy atom. The van der Waals surface area contributed by atoms with Crippen LogP contribution in [0.1, 0.15) is 43.6 Å². The number of rotatable bonds is 3. The molecule has 0 bridgehead atoms. The molecule has 3 nitrogen and oxygen atoms in total. The van der Waals surface area contributed by atoms with E-state index in [4.69, 9.17) is 23.6 Å². The minimum absolute atomic E-state index is 0.336. The van der Waals surface area contributed by atoms with Gasteiger partial charge in [-0.3, -0.25) is 4.79 Å². The highest BCUT2D eigenvalue weighted by atomic mass is 35.5. The number of amides is 1. The molecule has 0 aromatic heterocycles. The van der Waals surface area contributed by atoms with Gasteiger partial charge in [0.15, 0.2) is 0 Å². The van der Waals surface area contributed by atoms with Crippen LogP contribution in [0.3, 0.4) is 0 Å². The minimum Gasteiger partial charge on any atom is -0.266 e. The molecule has 18 heavy (non-hydrogen) atoms. The van der Waals surface area contributed by atoms with Crippen LogP contribution in [-0.2, 0) is 6.42 Å². The second kappa shape index (κ2) is 5.91. The number of hydrazine groups is 1. The normalized spacial score (nSPS) is 11.7. The number of aryl methyl sites for hydroxylation is 1. The fraction of sp³-hybridized carbons (Fsp3) is 0.462. The van der Waals surface area contributed by atoms with Gasteiger partial charge in [-0.2, -0.15) is 4.53 Å². The Kier molecular flexibility index (Phi) is 5.02. The van der Waals surface area contributed by atoms with Crippen molar-refractivity contribution >= 4 is 29.5 Å². The average molecular weight is 289 g/mol. The van der Waals surface area contributed by atoms with Gasteiger partial charge in [0.25, 0.3) is 5.91 Å². The van der Waals surface area contributed by atoms with Crippen molar-refractivity contribution in [1.82, 2.24) is 9.06 Å². The molecule has 0 atom stereocenters. The second-order valence-electron chi connectivity index (χ2n) is 5.05. The highest BCUT2D eigenvalue weighted by molar-refractivity contribution is 6.27. The van der Waals surface area contributed by atoms with Crippen LogP contribution in [0.25, 0.3) is 0 Å². The van der Waals surface area contributed by atoms with Crippen molar-refractivity contribution < 1.29 is 4.79 Å². The van der Waals surface area contributed by atoms with E-state index in [1.165, 1.54) is 4.53 Å². The highest BCUT2D eigenvalue weighted by Crippen LogP contribution is 2.23. The van der Waals surface area contributed by atoms with Crippen LogP contribution in [0.2, 0.25) is 0 Å². The summed E-state index contributed by atoms with van der Waals surface area (Å²) in [5.41, 5.74) is 1.17. The van der Waals surface area contributed by atoms with Gasteiger partial charge in [-0.05, 0) is 44.9 Å². The first-order chi connectivity index (χ1) is 8.27. The lowest BCUT2D eigenvalue weighted by Gasteiger charge is -2.33. The number of benzene rings is 1. The van der Waals surface area contributed by atoms with Crippen LogP contribution < -0.4 is 0 Å². The van der Waals surface area contributed by atoms with E-state index in [1.54, 1.807) is 6.07 Å². The van der Waals surface area contributed by atoms with Crippen LogP contribution in [-0.4, -0.2) is 20.5 Å². The molecule has 0 saturated carbocycles. The summed E-state index contributed by atoms with van der Waals surface area (Å²) >= 11 is 12.0. The molecule has 0 spiro atoms. The van der Waals surface area contributed by atoms with Crippen molar-refractivity contribution in [2.75, 3.05) is 0 Å². The number of nitrogens with zero attached hydrogens (tertiary/aromatic N) is 2. The molecule has 0 fully saturated rings. The predicted octanol–water partition coefficient (Wildman–Crippen LogP) is 4.01. The van der Waals surface area contributed by atoms with Crippen LogP contribution in [0.5, 0.6) is 0 Å². The Morgan fingerprint density at radius 2 is 1.89 bits per heavy atom. The summed E-state index contributed by atoms with van der Waals surface area (Å²) in [6, 6.07) is 7.36. The van der Waals surface area contributed by atoms with Crippen LogP contribution >= 0.6 is 23.6 Å². The predicted molar refractivity (Wildman–Crippen MR) is 75.3 cm³/mol. The van der Waals surface area contributed by atoms with Gasteiger partial charge in [-0.25, -0.2) is 0 Å². The lowest BCUT2D eigenvalue weighted by molar-refractivity contribution is 0.0456. The molecule has 0 saturated heterocycles. The van der Waals surface area contributed by atoms with Crippen molar-refractivity contribution in [2.45, 2.75) is 39.7 Å². The number of carbonyl (C=O) groups is 1. The molecular formula is C13H18Cl2N2O. The van der Waals surface area contributed by atoms with E-state index in [0.717, 1.165) is 16.5 Å². The van der Waals surface area contributed by atoms with Gasteiger partial charge in [-0.1, -0.05) is 19.1 Å². The van der Waals surface area contributed by atoms with Gasteiger partial charge >= 0.3 is 0 Å². The summed E-state index contributed by atoms with van der Waals surface area (Å²) in [5, 5.41) is 0. The Hall–Kier alpha value is -0.770. The van der Waals surface area contributed by atoms with Gasteiger partial charge in [0, 0.05) is 29.1 Å². The third-order valence-electron chi connectivity index (χ3n) is 2.46. The van der Waals surface area contributed by atoms with E-state index in [9.17, 15) is 4.79 Å². The molecule has 100 valence electrons. The third kappa shape index (κ3) is 3.61. The molecule has 0 unspecified atom stereocenters. The summed E-state index contributed by atoms with van der Waals surface area (Å²) in [7, 11) is 0. The molecule has 1 aromatic carbocycles. The lowest BCUT2D eigenvalue weighted by atomic mass is 10.1. The summed E-state index contributed by atoms with van der Waals surface area (Å²) in [6.07, 6.45) is 0.868. The molecule has 1 aromatic rings. The fourth-order valence-electron chi connectivity index (χ4n) is 1.37. The highest BCUT2D eigenvalue weighted by Gasteiger charge is 2.29. The molecule has 0 radical (unpaired) electrons. The first-order valence-electron chi connectivity index (χ1n) is 5.82. The maximum atomic E-state index is 12.2. The smallest absolute Gasteiger partial charge is 0.266 e. The van der Waals surface area contributed by atoms with Crippen LogP contribution in [0, 0.1) is 0 Å². The molecule has 0 aliphatic carbocycles. The van der Waals surface area contributed by atoms with Crippen molar-refractivity contribution in [1.29, 1.82) is 0 Å². The molecule has 0 heterocycles. The van der Waals surface area contributed by atoms with Gasteiger partial charge in [0.2, 0.25) is 0 Å². The Bertz CT molecular complexity index is 429. The topological polar surface area (TPSA) is 23.6 Å². The summed E-state index contributed by atoms with van der Waals surface area (Å²) < 4.78 is 2.10. The Balaban J connectivity index is 2.93. The molecule has 1 amide bonds. The number of carbonyl (C=O) groups excluding carboxylic acids is 1. The number of hydrogen-bond acceptors (Lipinski definition) is 2. The van der Waals surface area contributed by atoms with Gasteiger partial charge in [0.05, 0.1) is 5.54 Å². The molecule has 1 rings (SSSR count). The van der Waals surface area contributed by atoms with Crippen LogP contribution in [0.15, 0.2) is 24.3 Å². The summed E-state index contributed by atoms with van der Waals surface area (Å²) in [5.74, 6) is -0.336. The minimum atomic E-state index is -0.443. The second-order valence-corrected chi connectivity index (χ2v) is 5.69. The number of hydrogen-bond donors (Lipinski definition) is 0. The monoisotopic (exact) mass is 288 g/mol. The van der Waals surface area contributed by atoms with Crippen molar-refractivity contribution in [2.24, 2.45) is 0 Å². The average Bonchev–Trinajstić information content (AvgIpc) is 2.35. The lowest BCUT2D eigenvalue weighted by Crippen LogP contribution is -2.45. The third-order valence-corrected chi connectivity index (χ3v) is 3.50.